The zero-order valence-electron chi connectivity index (χ0n) is 12.8. The SMILES string of the molecule is CC(C)(C)[Si](C)(C)OCc1[nH]c2cc(C=O)ccc2[nH+]1. The summed E-state index contributed by atoms with van der Waals surface area (Å²) in [5.74, 6) is 0.938. The minimum Gasteiger partial charge on any atom is -0.405 e. The van der Waals surface area contributed by atoms with Crippen LogP contribution in [-0.4, -0.2) is 19.6 Å². The van der Waals surface area contributed by atoms with E-state index in [9.17, 15) is 4.79 Å². The standard InChI is InChI=1S/C15H22N2O2Si/c1-15(2,3)20(4,5)19-10-14-16-12-7-6-11(9-18)8-13(12)17-14/h6-9H,10H2,1-5H3,(H,16,17)/p+1. The Morgan fingerprint density at radius 3 is 2.65 bits per heavy atom. The number of hydrogen-bond acceptors (Lipinski definition) is 2. The molecule has 2 rings (SSSR count). The average molecular weight is 291 g/mol. The first-order valence-electron chi connectivity index (χ1n) is 6.86. The van der Waals surface area contributed by atoms with E-state index in [-0.39, 0.29) is 5.04 Å². The first-order valence-corrected chi connectivity index (χ1v) is 9.77. The third kappa shape index (κ3) is 2.99. The van der Waals surface area contributed by atoms with E-state index in [4.69, 9.17) is 4.43 Å². The van der Waals surface area contributed by atoms with Crippen molar-refractivity contribution in [2.24, 2.45) is 0 Å². The van der Waals surface area contributed by atoms with Crippen LogP contribution in [0.1, 0.15) is 37.0 Å². The predicted molar refractivity (Wildman–Crippen MR) is 82.2 cm³/mol. The van der Waals surface area contributed by atoms with E-state index in [1.807, 2.05) is 12.1 Å². The summed E-state index contributed by atoms with van der Waals surface area (Å²) in [6.45, 7) is 11.7. The minimum atomic E-state index is -1.75. The lowest BCUT2D eigenvalue weighted by Crippen LogP contribution is -2.40. The Kier molecular flexibility index (Phi) is 3.84. The molecule has 5 heteroatoms. The first kappa shape index (κ1) is 14.9. The minimum absolute atomic E-state index is 0.198. The predicted octanol–water partition coefficient (Wildman–Crippen LogP) is 3.32. The summed E-state index contributed by atoms with van der Waals surface area (Å²) >= 11 is 0. The zero-order valence-corrected chi connectivity index (χ0v) is 13.8. The number of aromatic nitrogens is 2. The highest BCUT2D eigenvalue weighted by Gasteiger charge is 2.37. The molecule has 4 nitrogen and oxygen atoms in total. The summed E-state index contributed by atoms with van der Waals surface area (Å²) in [7, 11) is -1.75. The van der Waals surface area contributed by atoms with Crippen molar-refractivity contribution < 1.29 is 14.2 Å². The highest BCUT2D eigenvalue weighted by atomic mass is 28.4. The second kappa shape index (κ2) is 5.14. The molecule has 0 aliphatic rings. The van der Waals surface area contributed by atoms with Crippen molar-refractivity contribution in [3.8, 4) is 0 Å². The molecule has 0 fully saturated rings. The molecule has 0 aliphatic carbocycles. The molecular formula is C15H23N2O2Si+. The number of benzene rings is 1. The van der Waals surface area contributed by atoms with Crippen molar-refractivity contribution in [2.45, 2.75) is 45.5 Å². The number of nitrogens with one attached hydrogen (secondary N) is 2. The molecule has 1 aromatic heterocycles. The lowest BCUT2D eigenvalue weighted by molar-refractivity contribution is -0.362. The molecule has 0 aliphatic heterocycles. The fourth-order valence-electron chi connectivity index (χ4n) is 1.75. The Balaban J connectivity index is 2.17. The number of carbonyl (C=O) groups is 1. The number of H-pyrrole nitrogens is 2. The van der Waals surface area contributed by atoms with Gasteiger partial charge in [-0.1, -0.05) is 20.8 Å². The average Bonchev–Trinajstić information content (AvgIpc) is 2.76. The van der Waals surface area contributed by atoms with E-state index in [1.54, 1.807) is 6.07 Å². The van der Waals surface area contributed by atoms with Gasteiger partial charge in [0.05, 0.1) is 0 Å². The molecule has 1 heterocycles. The van der Waals surface area contributed by atoms with Crippen molar-refractivity contribution >= 4 is 25.6 Å². The van der Waals surface area contributed by atoms with Crippen LogP contribution < -0.4 is 4.98 Å². The molecule has 2 aromatic rings. The number of imidazole rings is 1. The number of rotatable bonds is 4. The maximum atomic E-state index is 10.8. The molecule has 108 valence electrons. The molecule has 20 heavy (non-hydrogen) atoms. The van der Waals surface area contributed by atoms with Gasteiger partial charge in [0.1, 0.15) is 12.9 Å². The van der Waals surface area contributed by atoms with Crippen molar-refractivity contribution in [3.05, 3.63) is 29.6 Å². The highest BCUT2D eigenvalue weighted by molar-refractivity contribution is 6.74. The van der Waals surface area contributed by atoms with Gasteiger partial charge in [-0.25, -0.2) is 9.97 Å². The second-order valence-electron chi connectivity index (χ2n) is 6.70. The van der Waals surface area contributed by atoms with E-state index in [0.717, 1.165) is 23.1 Å². The summed E-state index contributed by atoms with van der Waals surface area (Å²) in [5.41, 5.74) is 2.59. The van der Waals surface area contributed by atoms with Gasteiger partial charge >= 0.3 is 0 Å². The molecule has 0 amide bonds. The Morgan fingerprint density at radius 1 is 1.35 bits per heavy atom. The highest BCUT2D eigenvalue weighted by Crippen LogP contribution is 2.36. The molecule has 1 aromatic carbocycles. The quantitative estimate of drug-likeness (QED) is 0.694. The molecular weight excluding hydrogens is 268 g/mol. The lowest BCUT2D eigenvalue weighted by atomic mass is 10.2. The van der Waals surface area contributed by atoms with Crippen LogP contribution in [0.3, 0.4) is 0 Å². The molecule has 2 N–H and O–H groups in total. The summed E-state index contributed by atoms with van der Waals surface area (Å²) in [6.07, 6.45) is 0.853. The third-order valence-corrected chi connectivity index (χ3v) is 8.61. The van der Waals surface area contributed by atoms with Crippen molar-refractivity contribution in [1.82, 2.24) is 4.98 Å². The molecule has 0 saturated carbocycles. The maximum Gasteiger partial charge on any atom is 0.278 e. The largest absolute Gasteiger partial charge is 0.405 e. The summed E-state index contributed by atoms with van der Waals surface area (Å²) in [5, 5.41) is 0.198. The van der Waals surface area contributed by atoms with Gasteiger partial charge in [0.15, 0.2) is 19.4 Å². The van der Waals surface area contributed by atoms with Gasteiger partial charge in [-0.3, -0.25) is 4.79 Å². The van der Waals surface area contributed by atoms with E-state index in [0.29, 0.717) is 12.2 Å². The normalized spacial score (nSPS) is 12.8. The number of aldehydes is 1. The van der Waals surface area contributed by atoms with Crippen LogP contribution in [0.15, 0.2) is 18.2 Å². The van der Waals surface area contributed by atoms with Gasteiger partial charge in [-0.2, -0.15) is 0 Å². The Hall–Kier alpha value is -1.46. The molecule has 0 bridgehead atoms. The molecule has 0 atom stereocenters. The number of carbonyl (C=O) groups excluding carboxylic acids is 1. The molecule has 0 spiro atoms. The van der Waals surface area contributed by atoms with Crippen molar-refractivity contribution in [2.75, 3.05) is 0 Å². The number of fused-ring (bicyclic) bond motifs is 1. The van der Waals surface area contributed by atoms with Crippen molar-refractivity contribution in [3.63, 3.8) is 0 Å². The molecule has 0 unspecified atom stereocenters. The fraction of sp³-hybridized carbons (Fsp3) is 0.467. The third-order valence-electron chi connectivity index (χ3n) is 4.13. The van der Waals surface area contributed by atoms with Crippen LogP contribution in [0.5, 0.6) is 0 Å². The number of aromatic amines is 2. The van der Waals surface area contributed by atoms with Crippen LogP contribution in [0, 0.1) is 0 Å². The van der Waals surface area contributed by atoms with E-state index < -0.39 is 8.32 Å². The van der Waals surface area contributed by atoms with Crippen LogP contribution >= 0.6 is 0 Å². The van der Waals surface area contributed by atoms with E-state index in [1.165, 1.54) is 0 Å². The second-order valence-corrected chi connectivity index (χ2v) is 11.5. The van der Waals surface area contributed by atoms with Gasteiger partial charge in [-0.15, -0.1) is 0 Å². The van der Waals surface area contributed by atoms with Crippen LogP contribution in [0.4, 0.5) is 0 Å². The zero-order chi connectivity index (χ0) is 15.0. The first-order chi connectivity index (χ1) is 9.23. The monoisotopic (exact) mass is 291 g/mol. The Labute approximate surface area is 120 Å². The fourth-order valence-corrected chi connectivity index (χ4v) is 2.68. The molecule has 0 saturated heterocycles. The Morgan fingerprint density at radius 2 is 2.05 bits per heavy atom. The van der Waals surface area contributed by atoms with Crippen LogP contribution in [-0.2, 0) is 11.0 Å². The smallest absolute Gasteiger partial charge is 0.278 e. The summed E-state index contributed by atoms with van der Waals surface area (Å²) in [4.78, 5) is 17.4. The number of hydrogen-bond donors (Lipinski definition) is 1. The topological polar surface area (TPSA) is 56.2 Å². The van der Waals surface area contributed by atoms with Crippen LogP contribution in [0.25, 0.3) is 11.0 Å². The summed E-state index contributed by atoms with van der Waals surface area (Å²) < 4.78 is 6.17. The van der Waals surface area contributed by atoms with E-state index >= 15 is 0 Å². The van der Waals surface area contributed by atoms with Crippen LogP contribution in [0.2, 0.25) is 18.1 Å². The van der Waals surface area contributed by atoms with Gasteiger partial charge in [0, 0.05) is 5.56 Å². The van der Waals surface area contributed by atoms with E-state index in [2.05, 4.69) is 43.8 Å². The van der Waals surface area contributed by atoms with Crippen molar-refractivity contribution in [1.29, 1.82) is 0 Å². The summed E-state index contributed by atoms with van der Waals surface area (Å²) in [6, 6.07) is 5.55. The molecule has 0 radical (unpaired) electrons. The lowest BCUT2D eigenvalue weighted by Gasteiger charge is -2.35. The van der Waals surface area contributed by atoms with Gasteiger partial charge in [-0.05, 0) is 36.3 Å². The maximum absolute atomic E-state index is 10.8. The van der Waals surface area contributed by atoms with Gasteiger partial charge < -0.3 is 4.43 Å². The van der Waals surface area contributed by atoms with Gasteiger partial charge in [0.25, 0.3) is 5.82 Å². The van der Waals surface area contributed by atoms with Gasteiger partial charge in [0.2, 0.25) is 0 Å². The Bertz CT molecular complexity index is 626.